The lowest BCUT2D eigenvalue weighted by molar-refractivity contribution is -0.123. The molecule has 60 heavy (non-hydrogen) atoms. The molecule has 0 bridgehead atoms. The smallest absolute Gasteiger partial charge is 0.261 e. The van der Waals surface area contributed by atoms with Crippen molar-refractivity contribution in [3.05, 3.63) is 153 Å². The topological polar surface area (TPSA) is 129 Å². The molecular weight excluding hydrogens is 884 g/mol. The zero-order valence-electron chi connectivity index (χ0n) is 34.3. The summed E-state index contributed by atoms with van der Waals surface area (Å²) < 4.78 is 13.5. The van der Waals surface area contributed by atoms with Crippen molar-refractivity contribution in [3.8, 4) is 11.5 Å². The van der Waals surface area contributed by atoms with E-state index >= 15 is 0 Å². The Labute approximate surface area is 366 Å². The van der Waals surface area contributed by atoms with Gasteiger partial charge in [0.25, 0.3) is 8.32 Å². The molecule has 0 spiro atoms. The first-order valence-corrected chi connectivity index (χ1v) is 23.2. The lowest BCUT2D eigenvalue weighted by Gasteiger charge is -2.44. The average molecular weight is 935 g/mol. The van der Waals surface area contributed by atoms with E-state index in [0.29, 0.717) is 32.7 Å². The van der Waals surface area contributed by atoms with Gasteiger partial charge >= 0.3 is 0 Å². The third-order valence-electron chi connectivity index (χ3n) is 11.9. The van der Waals surface area contributed by atoms with Gasteiger partial charge in [0, 0.05) is 12.1 Å². The Hall–Kier alpha value is -4.92. The molecule has 3 N–H and O–H groups in total. The van der Waals surface area contributed by atoms with E-state index in [2.05, 4.69) is 72.6 Å². The molecule has 310 valence electrons. The van der Waals surface area contributed by atoms with Crippen molar-refractivity contribution in [2.24, 2.45) is 17.8 Å². The zero-order chi connectivity index (χ0) is 42.6. The third kappa shape index (κ3) is 8.38. The number of aliphatic hydroxyl groups excluding tert-OH is 2. The lowest BCUT2D eigenvalue weighted by Crippen LogP contribution is -2.66. The van der Waals surface area contributed by atoms with E-state index in [1.165, 1.54) is 12.0 Å². The number of carbonyl (C=O) groups excluding carboxylic acids is 2. The van der Waals surface area contributed by atoms with Gasteiger partial charge in [0.2, 0.25) is 11.8 Å². The van der Waals surface area contributed by atoms with Crippen molar-refractivity contribution < 1.29 is 34.1 Å². The number of allylic oxidation sites excluding steroid dienone is 1. The number of phenolic OH excluding ortho intramolecular Hbond substituents is 1. The van der Waals surface area contributed by atoms with Crippen LogP contribution in [0.1, 0.15) is 51.3 Å². The number of phenols is 1. The Kier molecular flexibility index (Phi) is 13.2. The first-order chi connectivity index (χ1) is 28.9. The molecule has 1 aliphatic heterocycles. The van der Waals surface area contributed by atoms with Crippen LogP contribution in [0.5, 0.6) is 11.5 Å². The maximum atomic E-state index is 14.4. The Morgan fingerprint density at radius 1 is 0.917 bits per heavy atom. The minimum Gasteiger partial charge on any atom is -0.504 e. The number of aliphatic hydroxyl groups is 2. The highest BCUT2D eigenvalue weighted by Gasteiger charge is 2.56. The molecule has 2 aliphatic rings. The Morgan fingerprint density at radius 3 is 2.10 bits per heavy atom. The largest absolute Gasteiger partial charge is 0.504 e. The van der Waals surface area contributed by atoms with Crippen LogP contribution in [0.15, 0.2) is 139 Å². The van der Waals surface area contributed by atoms with Gasteiger partial charge in [0.1, 0.15) is 0 Å². The predicted octanol–water partition coefficient (Wildman–Crippen LogP) is 7.77. The van der Waals surface area contributed by atoms with Crippen LogP contribution in [0.2, 0.25) is 5.04 Å². The highest BCUT2D eigenvalue weighted by molar-refractivity contribution is 14.1. The van der Waals surface area contributed by atoms with Gasteiger partial charge in [-0.05, 0) is 122 Å². The number of ether oxygens (including phenoxy) is 1. The maximum absolute atomic E-state index is 14.4. The summed E-state index contributed by atoms with van der Waals surface area (Å²) in [7, 11) is -1.58. The molecule has 0 unspecified atom stereocenters. The second-order valence-corrected chi connectivity index (χ2v) is 21.9. The van der Waals surface area contributed by atoms with Crippen molar-refractivity contribution in [2.75, 3.05) is 25.2 Å². The third-order valence-corrected chi connectivity index (χ3v) is 17.7. The maximum Gasteiger partial charge on any atom is 0.261 e. The minimum atomic E-state index is -3.09. The highest BCUT2D eigenvalue weighted by atomic mass is 127. The monoisotopic (exact) mass is 934 g/mol. The van der Waals surface area contributed by atoms with E-state index in [0.717, 1.165) is 27.1 Å². The summed E-state index contributed by atoms with van der Waals surface area (Å²) in [6.45, 7) is 6.26. The van der Waals surface area contributed by atoms with Gasteiger partial charge in [-0.1, -0.05) is 106 Å². The number of aromatic nitrogens is 1. The van der Waals surface area contributed by atoms with Crippen LogP contribution < -0.4 is 20.0 Å². The molecule has 5 aromatic rings. The summed E-state index contributed by atoms with van der Waals surface area (Å²) in [4.78, 5) is 34.6. The van der Waals surface area contributed by atoms with Crippen molar-refractivity contribution in [3.63, 3.8) is 0 Å². The number of aromatic hydroxyl groups is 1. The molecule has 9 nitrogen and oxygen atoms in total. The number of pyridine rings is 1. The summed E-state index contributed by atoms with van der Waals surface area (Å²) in [5.74, 6) is -2.72. The number of nitrogens with zero attached hydrogens (tertiary/aromatic N) is 2. The predicted molar refractivity (Wildman–Crippen MR) is 246 cm³/mol. The Balaban J connectivity index is 1.32. The second kappa shape index (κ2) is 18.4. The normalized spacial score (nSPS) is 19.1. The molecule has 11 heteroatoms. The van der Waals surface area contributed by atoms with Crippen LogP contribution in [0.25, 0.3) is 11.6 Å². The number of amides is 2. The molecule has 2 heterocycles. The van der Waals surface area contributed by atoms with Gasteiger partial charge in [0.05, 0.1) is 53.2 Å². The fourth-order valence-corrected chi connectivity index (χ4v) is 14.4. The van der Waals surface area contributed by atoms with Gasteiger partial charge in [0.15, 0.2) is 11.5 Å². The molecule has 1 aliphatic carbocycles. The van der Waals surface area contributed by atoms with Crippen LogP contribution >= 0.6 is 22.6 Å². The standard InChI is InChI=1S/C49H51IN2O7Si/c1-49(2,3)60(36-18-10-6-11-19-36,37-20-12-7-13-21-37)59-31-34-29-38-45(48(57)52(47(38)56)35-16-8-5-9-17-35)39(30-53)44(34)42(54)24-23-33(41-22-14-15-25-51-41)26-32-27-40(50)46(55)43(28-32)58-4/h5-22,25-28,38-39,42,45,53-55H,23-24,29-31H2,1-4H3/b33-26-/t38-,39+,42-,45-/m1/s1. The summed E-state index contributed by atoms with van der Waals surface area (Å²) in [5.41, 5.74) is 4.10. The van der Waals surface area contributed by atoms with Gasteiger partial charge in [-0.3, -0.25) is 19.5 Å². The second-order valence-electron chi connectivity index (χ2n) is 16.5. The van der Waals surface area contributed by atoms with Crippen LogP contribution in [0.4, 0.5) is 5.69 Å². The summed E-state index contributed by atoms with van der Waals surface area (Å²) >= 11 is 2.07. The molecule has 4 atom stereocenters. The van der Waals surface area contributed by atoms with E-state index in [1.54, 1.807) is 36.5 Å². The number of anilines is 1. The van der Waals surface area contributed by atoms with Crippen molar-refractivity contribution in [1.82, 2.24) is 4.98 Å². The molecule has 1 aromatic heterocycles. The molecule has 1 saturated heterocycles. The highest BCUT2D eigenvalue weighted by Crippen LogP contribution is 2.48. The van der Waals surface area contributed by atoms with E-state index in [1.807, 2.05) is 72.8 Å². The first-order valence-electron chi connectivity index (χ1n) is 20.3. The summed E-state index contributed by atoms with van der Waals surface area (Å²) in [5, 5.41) is 36.2. The van der Waals surface area contributed by atoms with Crippen molar-refractivity contribution >= 4 is 70.4 Å². The van der Waals surface area contributed by atoms with Gasteiger partial charge < -0.3 is 24.5 Å². The number of para-hydroxylation sites is 1. The van der Waals surface area contributed by atoms with E-state index < -0.39 is 38.8 Å². The van der Waals surface area contributed by atoms with Gasteiger partial charge in [-0.15, -0.1) is 0 Å². The van der Waals surface area contributed by atoms with Gasteiger partial charge in [-0.2, -0.15) is 0 Å². The quantitative estimate of drug-likeness (QED) is 0.0446. The lowest BCUT2D eigenvalue weighted by atomic mass is 9.68. The van der Waals surface area contributed by atoms with E-state index in [9.17, 15) is 24.9 Å². The van der Waals surface area contributed by atoms with Crippen LogP contribution in [-0.2, 0) is 14.0 Å². The number of rotatable bonds is 14. The van der Waals surface area contributed by atoms with Crippen molar-refractivity contribution in [1.29, 1.82) is 0 Å². The first kappa shape index (κ1) is 43.2. The van der Waals surface area contributed by atoms with E-state index in [-0.39, 0.29) is 42.1 Å². The van der Waals surface area contributed by atoms with Gasteiger partial charge in [-0.25, -0.2) is 0 Å². The number of hydrogen-bond donors (Lipinski definition) is 3. The van der Waals surface area contributed by atoms with E-state index in [4.69, 9.17) is 9.16 Å². The summed E-state index contributed by atoms with van der Waals surface area (Å²) in [6.07, 6.45) is 3.39. The molecule has 0 saturated carbocycles. The number of carbonyl (C=O) groups is 2. The van der Waals surface area contributed by atoms with Crippen molar-refractivity contribution in [2.45, 2.75) is 51.2 Å². The van der Waals surface area contributed by atoms with Crippen LogP contribution in [0, 0.1) is 21.3 Å². The Morgan fingerprint density at radius 2 is 1.53 bits per heavy atom. The number of fused-ring (bicyclic) bond motifs is 1. The number of halogens is 1. The number of benzene rings is 4. The number of imide groups is 1. The molecule has 2 amide bonds. The number of hydrogen-bond acceptors (Lipinski definition) is 8. The zero-order valence-corrected chi connectivity index (χ0v) is 37.5. The molecule has 0 radical (unpaired) electrons. The molecule has 4 aromatic carbocycles. The fourth-order valence-electron chi connectivity index (χ4n) is 9.19. The summed E-state index contributed by atoms with van der Waals surface area (Å²) in [6, 6.07) is 38.7. The molecule has 1 fully saturated rings. The fraction of sp³-hybridized carbons (Fsp3) is 0.286. The average Bonchev–Trinajstić information content (AvgIpc) is 3.51. The minimum absolute atomic E-state index is 0.0567. The number of methoxy groups -OCH3 is 1. The Bertz CT molecular complexity index is 2330. The molecule has 7 rings (SSSR count). The van der Waals surface area contributed by atoms with Crippen LogP contribution in [-0.4, -0.2) is 66.9 Å². The molecular formula is C49H51IN2O7Si. The van der Waals surface area contributed by atoms with Crippen LogP contribution in [0.3, 0.4) is 0 Å². The SMILES string of the molecule is COc1cc(/C=C(/CC[C@@H](O)C2=C(CO[Si](c3ccccc3)(c3ccccc3)C(C)(C)C)C[C@H]3C(=O)N(c4ccccc4)C(=O)[C@H]3[C@H]2CO)c2ccccn2)cc(I)c1O.